The molecule has 0 radical (unpaired) electrons. The standard InChI is InChI=1S/C12H18N4/c1-2-5-16-6-3-12(4-7-16)13-8-11-9-14-15-10-11/h1,9-10,12-13H,3-8H2,(H,14,15). The summed E-state index contributed by atoms with van der Waals surface area (Å²) in [7, 11) is 0. The predicted octanol–water partition coefficient (Wildman–Crippen LogP) is 0.597. The summed E-state index contributed by atoms with van der Waals surface area (Å²) in [5.74, 6) is 2.70. The third-order valence-corrected chi connectivity index (χ3v) is 3.05. The third kappa shape index (κ3) is 3.09. The van der Waals surface area contributed by atoms with E-state index in [1.165, 1.54) is 18.4 Å². The fourth-order valence-corrected chi connectivity index (χ4v) is 2.06. The molecule has 4 heteroatoms. The highest BCUT2D eigenvalue weighted by Gasteiger charge is 2.17. The number of hydrogen-bond acceptors (Lipinski definition) is 3. The van der Waals surface area contributed by atoms with Crippen LogP contribution in [0, 0.1) is 12.3 Å². The first-order chi connectivity index (χ1) is 7.88. The normalized spacial score (nSPS) is 18.4. The van der Waals surface area contributed by atoms with Crippen LogP contribution in [0.4, 0.5) is 0 Å². The van der Waals surface area contributed by atoms with Gasteiger partial charge in [0.2, 0.25) is 0 Å². The van der Waals surface area contributed by atoms with Crippen molar-refractivity contribution in [3.63, 3.8) is 0 Å². The maximum atomic E-state index is 5.30. The van der Waals surface area contributed by atoms with Gasteiger partial charge in [0.1, 0.15) is 0 Å². The Hall–Kier alpha value is -1.31. The fourth-order valence-electron chi connectivity index (χ4n) is 2.06. The van der Waals surface area contributed by atoms with E-state index in [9.17, 15) is 0 Å². The Kier molecular flexibility index (Phi) is 3.97. The molecule has 1 saturated heterocycles. The largest absolute Gasteiger partial charge is 0.310 e. The first kappa shape index (κ1) is 11.2. The molecular weight excluding hydrogens is 200 g/mol. The maximum absolute atomic E-state index is 5.30. The van der Waals surface area contributed by atoms with Crippen molar-refractivity contribution in [2.45, 2.75) is 25.4 Å². The molecule has 86 valence electrons. The zero-order valence-electron chi connectivity index (χ0n) is 9.45. The maximum Gasteiger partial charge on any atom is 0.0598 e. The zero-order valence-corrected chi connectivity index (χ0v) is 9.45. The molecule has 1 aromatic rings. The Labute approximate surface area is 96.4 Å². The van der Waals surface area contributed by atoms with Crippen LogP contribution < -0.4 is 5.32 Å². The molecule has 0 amide bonds. The summed E-state index contributed by atoms with van der Waals surface area (Å²) < 4.78 is 0. The average molecular weight is 218 g/mol. The number of terminal acetylenes is 1. The number of rotatable bonds is 4. The smallest absolute Gasteiger partial charge is 0.0598 e. The van der Waals surface area contributed by atoms with Crippen molar-refractivity contribution >= 4 is 0 Å². The van der Waals surface area contributed by atoms with Gasteiger partial charge in [-0.2, -0.15) is 5.10 Å². The van der Waals surface area contributed by atoms with E-state index in [1.807, 2.05) is 12.4 Å². The summed E-state index contributed by atoms with van der Waals surface area (Å²) in [5.41, 5.74) is 1.21. The number of aromatic amines is 1. The molecule has 16 heavy (non-hydrogen) atoms. The number of piperidine rings is 1. The minimum Gasteiger partial charge on any atom is -0.310 e. The Morgan fingerprint density at radius 3 is 3.00 bits per heavy atom. The molecule has 1 aromatic heterocycles. The van der Waals surface area contributed by atoms with Crippen molar-refractivity contribution in [1.29, 1.82) is 0 Å². The summed E-state index contributed by atoms with van der Waals surface area (Å²) >= 11 is 0. The molecule has 1 aliphatic rings. The van der Waals surface area contributed by atoms with Gasteiger partial charge in [0.05, 0.1) is 12.7 Å². The van der Waals surface area contributed by atoms with Crippen LogP contribution >= 0.6 is 0 Å². The van der Waals surface area contributed by atoms with Crippen LogP contribution in [0.15, 0.2) is 12.4 Å². The van der Waals surface area contributed by atoms with Crippen molar-refractivity contribution < 1.29 is 0 Å². The van der Waals surface area contributed by atoms with Gasteiger partial charge in [-0.1, -0.05) is 5.92 Å². The quantitative estimate of drug-likeness (QED) is 0.727. The molecule has 0 aromatic carbocycles. The van der Waals surface area contributed by atoms with Crippen LogP contribution in [0.25, 0.3) is 0 Å². The summed E-state index contributed by atoms with van der Waals surface area (Å²) in [6, 6.07) is 0.615. The zero-order chi connectivity index (χ0) is 11.2. The van der Waals surface area contributed by atoms with Crippen molar-refractivity contribution in [3.05, 3.63) is 18.0 Å². The SMILES string of the molecule is C#CCN1CCC(NCc2cn[nH]c2)CC1. The Bertz CT molecular complexity index is 330. The van der Waals surface area contributed by atoms with E-state index >= 15 is 0 Å². The third-order valence-electron chi connectivity index (χ3n) is 3.05. The summed E-state index contributed by atoms with van der Waals surface area (Å²) in [6.07, 6.45) is 11.5. The topological polar surface area (TPSA) is 44.0 Å². The van der Waals surface area contributed by atoms with Gasteiger partial charge in [0.25, 0.3) is 0 Å². The minimum atomic E-state index is 0.615. The van der Waals surface area contributed by atoms with E-state index in [0.717, 1.165) is 26.2 Å². The van der Waals surface area contributed by atoms with Gasteiger partial charge in [-0.15, -0.1) is 6.42 Å². The van der Waals surface area contributed by atoms with E-state index in [0.29, 0.717) is 6.04 Å². The molecule has 0 aliphatic carbocycles. The minimum absolute atomic E-state index is 0.615. The van der Waals surface area contributed by atoms with Crippen molar-refractivity contribution in [3.8, 4) is 12.3 Å². The van der Waals surface area contributed by atoms with E-state index in [1.54, 1.807) is 0 Å². The number of H-pyrrole nitrogens is 1. The first-order valence-corrected chi connectivity index (χ1v) is 5.75. The van der Waals surface area contributed by atoms with Crippen LogP contribution in [0.1, 0.15) is 18.4 Å². The molecule has 0 bridgehead atoms. The van der Waals surface area contributed by atoms with E-state index < -0.39 is 0 Å². The van der Waals surface area contributed by atoms with E-state index in [-0.39, 0.29) is 0 Å². The predicted molar refractivity (Wildman–Crippen MR) is 63.7 cm³/mol. The second kappa shape index (κ2) is 5.69. The Morgan fingerprint density at radius 2 is 2.38 bits per heavy atom. The van der Waals surface area contributed by atoms with Crippen molar-refractivity contribution in [1.82, 2.24) is 20.4 Å². The molecule has 2 N–H and O–H groups in total. The number of nitrogens with zero attached hydrogens (tertiary/aromatic N) is 2. The number of likely N-dealkylation sites (tertiary alicyclic amines) is 1. The summed E-state index contributed by atoms with van der Waals surface area (Å²) in [5, 5.41) is 10.3. The second-order valence-corrected chi connectivity index (χ2v) is 4.24. The van der Waals surface area contributed by atoms with Gasteiger partial charge in [-0.05, 0) is 12.8 Å². The molecule has 1 aliphatic heterocycles. The van der Waals surface area contributed by atoms with Crippen LogP contribution in [-0.2, 0) is 6.54 Å². The lowest BCUT2D eigenvalue weighted by molar-refractivity contribution is 0.217. The molecule has 0 unspecified atom stereocenters. The van der Waals surface area contributed by atoms with Crippen LogP contribution in [0.2, 0.25) is 0 Å². The van der Waals surface area contributed by atoms with E-state index in [4.69, 9.17) is 6.42 Å². The van der Waals surface area contributed by atoms with Gasteiger partial charge < -0.3 is 5.32 Å². The van der Waals surface area contributed by atoms with Gasteiger partial charge in [0, 0.05) is 37.4 Å². The lowest BCUT2D eigenvalue weighted by Crippen LogP contribution is -2.42. The Balaban J connectivity index is 1.68. The van der Waals surface area contributed by atoms with E-state index in [2.05, 4.69) is 26.3 Å². The molecule has 0 atom stereocenters. The Morgan fingerprint density at radius 1 is 1.56 bits per heavy atom. The first-order valence-electron chi connectivity index (χ1n) is 5.75. The number of nitrogens with one attached hydrogen (secondary N) is 2. The molecule has 0 saturated carbocycles. The van der Waals surface area contributed by atoms with Gasteiger partial charge in [-0.25, -0.2) is 0 Å². The summed E-state index contributed by atoms with van der Waals surface area (Å²) in [4.78, 5) is 2.33. The molecular formula is C12H18N4. The molecule has 1 fully saturated rings. The van der Waals surface area contributed by atoms with Crippen molar-refractivity contribution in [2.75, 3.05) is 19.6 Å². The lowest BCUT2D eigenvalue weighted by atomic mass is 10.0. The van der Waals surface area contributed by atoms with Crippen LogP contribution in [0.3, 0.4) is 0 Å². The van der Waals surface area contributed by atoms with Gasteiger partial charge in [0.15, 0.2) is 0 Å². The monoisotopic (exact) mass is 218 g/mol. The molecule has 0 spiro atoms. The van der Waals surface area contributed by atoms with Crippen LogP contribution in [-0.4, -0.2) is 40.8 Å². The lowest BCUT2D eigenvalue weighted by Gasteiger charge is -2.31. The highest BCUT2D eigenvalue weighted by molar-refractivity contribution is 5.02. The fraction of sp³-hybridized carbons (Fsp3) is 0.583. The number of aromatic nitrogens is 2. The highest BCUT2D eigenvalue weighted by atomic mass is 15.1. The highest BCUT2D eigenvalue weighted by Crippen LogP contribution is 2.10. The molecule has 2 heterocycles. The van der Waals surface area contributed by atoms with Gasteiger partial charge >= 0.3 is 0 Å². The van der Waals surface area contributed by atoms with Crippen molar-refractivity contribution in [2.24, 2.45) is 0 Å². The second-order valence-electron chi connectivity index (χ2n) is 4.24. The van der Waals surface area contributed by atoms with Gasteiger partial charge in [-0.3, -0.25) is 10.00 Å². The summed E-state index contributed by atoms with van der Waals surface area (Å²) in [6.45, 7) is 3.89. The van der Waals surface area contributed by atoms with Crippen LogP contribution in [0.5, 0.6) is 0 Å². The molecule has 4 nitrogen and oxygen atoms in total. The average Bonchev–Trinajstić information content (AvgIpc) is 2.82. The molecule has 2 rings (SSSR count). The number of hydrogen-bond donors (Lipinski definition) is 2.